The number of carbonyl (C=O) groups is 1. The van der Waals surface area contributed by atoms with Crippen LogP contribution in [0.1, 0.15) is 6.42 Å². The van der Waals surface area contributed by atoms with Crippen molar-refractivity contribution in [1.29, 1.82) is 0 Å². The van der Waals surface area contributed by atoms with Crippen LogP contribution < -0.4 is 16.0 Å². The fraction of sp³-hybridized carbons (Fsp3) is 0.400. The molecule has 0 radical (unpaired) electrons. The molecule has 1 amide bonds. The summed E-state index contributed by atoms with van der Waals surface area (Å²) in [4.78, 5) is 17.4. The first kappa shape index (κ1) is 9.92. The molecule has 1 aromatic rings. The average Bonchev–Trinajstić information content (AvgIpc) is 2.58. The van der Waals surface area contributed by atoms with E-state index in [1.54, 1.807) is 18.1 Å². The van der Waals surface area contributed by atoms with Gasteiger partial charge in [0, 0.05) is 26.1 Å². The van der Waals surface area contributed by atoms with Gasteiger partial charge in [0.2, 0.25) is 5.91 Å². The van der Waals surface area contributed by atoms with Crippen molar-refractivity contribution in [3.8, 4) is 0 Å². The molecule has 1 unspecified atom stereocenters. The Morgan fingerprint density at radius 1 is 1.60 bits per heavy atom. The summed E-state index contributed by atoms with van der Waals surface area (Å²) in [7, 11) is 1.80. The zero-order valence-electron chi connectivity index (χ0n) is 8.60. The molecule has 0 bridgehead atoms. The number of nitrogens with one attached hydrogen (secondary N) is 1. The highest BCUT2D eigenvalue weighted by Crippen LogP contribution is 2.20. The minimum absolute atomic E-state index is 0.0542. The first-order valence-electron chi connectivity index (χ1n) is 4.90. The Morgan fingerprint density at radius 3 is 2.87 bits per heavy atom. The maximum Gasteiger partial charge on any atom is 0.228 e. The van der Waals surface area contributed by atoms with Crippen molar-refractivity contribution in [3.63, 3.8) is 0 Å². The number of anilines is 2. The van der Waals surface area contributed by atoms with Crippen molar-refractivity contribution in [3.05, 3.63) is 18.3 Å². The third-order valence-electron chi connectivity index (χ3n) is 2.47. The highest BCUT2D eigenvalue weighted by atomic mass is 16.2. The van der Waals surface area contributed by atoms with E-state index in [-0.39, 0.29) is 11.9 Å². The number of pyridine rings is 1. The Labute approximate surface area is 88.3 Å². The second-order valence-corrected chi connectivity index (χ2v) is 3.62. The van der Waals surface area contributed by atoms with Crippen molar-refractivity contribution in [1.82, 2.24) is 4.98 Å². The zero-order chi connectivity index (χ0) is 10.8. The summed E-state index contributed by atoms with van der Waals surface area (Å²) >= 11 is 0. The van der Waals surface area contributed by atoms with Crippen LogP contribution in [0.4, 0.5) is 11.5 Å². The average molecular weight is 206 g/mol. The monoisotopic (exact) mass is 206 g/mol. The van der Waals surface area contributed by atoms with Crippen LogP contribution in [-0.4, -0.2) is 30.5 Å². The smallest absolute Gasteiger partial charge is 0.228 e. The molecule has 3 N–H and O–H groups in total. The molecule has 1 atom stereocenters. The van der Waals surface area contributed by atoms with E-state index in [4.69, 9.17) is 5.73 Å². The van der Waals surface area contributed by atoms with Crippen LogP contribution in [0.2, 0.25) is 0 Å². The SMILES string of the molecule is CNc1ccc(N2CC(N)CC2=O)cn1. The topological polar surface area (TPSA) is 71.2 Å². The van der Waals surface area contributed by atoms with E-state index in [1.165, 1.54) is 0 Å². The van der Waals surface area contributed by atoms with Gasteiger partial charge in [-0.3, -0.25) is 4.79 Å². The van der Waals surface area contributed by atoms with Gasteiger partial charge in [0.05, 0.1) is 11.9 Å². The van der Waals surface area contributed by atoms with E-state index in [1.807, 2.05) is 12.1 Å². The largest absolute Gasteiger partial charge is 0.373 e. The Bertz CT molecular complexity index is 362. The lowest BCUT2D eigenvalue weighted by molar-refractivity contribution is -0.117. The number of nitrogens with two attached hydrogens (primary N) is 1. The second kappa shape index (κ2) is 3.86. The van der Waals surface area contributed by atoms with Gasteiger partial charge in [-0.05, 0) is 12.1 Å². The summed E-state index contributed by atoms with van der Waals surface area (Å²) in [6.45, 7) is 0.583. The highest BCUT2D eigenvalue weighted by molar-refractivity contribution is 5.96. The van der Waals surface area contributed by atoms with Gasteiger partial charge in [0.15, 0.2) is 0 Å². The van der Waals surface area contributed by atoms with E-state index < -0.39 is 0 Å². The number of nitrogens with zero attached hydrogens (tertiary/aromatic N) is 2. The molecule has 5 nitrogen and oxygen atoms in total. The highest BCUT2D eigenvalue weighted by Gasteiger charge is 2.27. The molecule has 1 aromatic heterocycles. The number of hydrogen-bond donors (Lipinski definition) is 2. The van der Waals surface area contributed by atoms with Gasteiger partial charge >= 0.3 is 0 Å². The van der Waals surface area contributed by atoms with E-state index >= 15 is 0 Å². The lowest BCUT2D eigenvalue weighted by atomic mass is 10.3. The summed E-state index contributed by atoms with van der Waals surface area (Å²) in [5.41, 5.74) is 6.53. The van der Waals surface area contributed by atoms with E-state index in [9.17, 15) is 4.79 Å². The van der Waals surface area contributed by atoms with Gasteiger partial charge in [0.1, 0.15) is 5.82 Å². The van der Waals surface area contributed by atoms with E-state index in [0.717, 1.165) is 11.5 Å². The van der Waals surface area contributed by atoms with E-state index in [0.29, 0.717) is 13.0 Å². The normalized spacial score (nSPS) is 20.8. The fourth-order valence-electron chi connectivity index (χ4n) is 1.68. The van der Waals surface area contributed by atoms with Gasteiger partial charge in [-0.25, -0.2) is 4.98 Å². The molecule has 5 heteroatoms. The molecule has 1 fully saturated rings. The van der Waals surface area contributed by atoms with E-state index in [2.05, 4.69) is 10.3 Å². The number of aromatic nitrogens is 1. The molecular formula is C10H14N4O. The van der Waals surface area contributed by atoms with Crippen LogP contribution in [0.15, 0.2) is 18.3 Å². The molecule has 1 saturated heterocycles. The van der Waals surface area contributed by atoms with Crippen molar-refractivity contribution < 1.29 is 4.79 Å². The molecule has 2 rings (SSSR count). The number of carbonyl (C=O) groups excluding carboxylic acids is 1. The summed E-state index contributed by atoms with van der Waals surface area (Å²) in [5, 5.41) is 2.93. The Kier molecular flexibility index (Phi) is 2.55. The molecule has 0 saturated carbocycles. The summed E-state index contributed by atoms with van der Waals surface area (Å²) < 4.78 is 0. The molecule has 0 aliphatic carbocycles. The molecule has 1 aliphatic heterocycles. The number of rotatable bonds is 2. The molecule has 1 aliphatic rings. The van der Waals surface area contributed by atoms with Crippen molar-refractivity contribution in [2.45, 2.75) is 12.5 Å². The number of hydrogen-bond acceptors (Lipinski definition) is 4. The van der Waals surface area contributed by atoms with Gasteiger partial charge in [-0.15, -0.1) is 0 Å². The van der Waals surface area contributed by atoms with Crippen LogP contribution in [-0.2, 0) is 4.79 Å². The summed E-state index contributed by atoms with van der Waals surface area (Å²) in [6, 6.07) is 3.66. The molecule has 80 valence electrons. The first-order chi connectivity index (χ1) is 7.20. The lowest BCUT2D eigenvalue weighted by Crippen LogP contribution is -2.28. The summed E-state index contributed by atoms with van der Waals surface area (Å²) in [6.07, 6.45) is 2.11. The van der Waals surface area contributed by atoms with Crippen LogP contribution in [0.5, 0.6) is 0 Å². The van der Waals surface area contributed by atoms with Crippen LogP contribution in [0, 0.1) is 0 Å². The van der Waals surface area contributed by atoms with Gasteiger partial charge in [-0.1, -0.05) is 0 Å². The second-order valence-electron chi connectivity index (χ2n) is 3.62. The molecule has 15 heavy (non-hydrogen) atoms. The van der Waals surface area contributed by atoms with Crippen LogP contribution >= 0.6 is 0 Å². The quantitative estimate of drug-likeness (QED) is 0.724. The Hall–Kier alpha value is -1.62. The summed E-state index contributed by atoms with van der Waals surface area (Å²) in [5.74, 6) is 0.858. The fourth-order valence-corrected chi connectivity index (χ4v) is 1.68. The predicted octanol–water partition coefficient (Wildman–Crippen LogP) is 0.187. The maximum absolute atomic E-state index is 11.5. The molecular weight excluding hydrogens is 192 g/mol. The third-order valence-corrected chi connectivity index (χ3v) is 2.47. The lowest BCUT2D eigenvalue weighted by Gasteiger charge is -2.15. The zero-order valence-corrected chi connectivity index (χ0v) is 8.60. The van der Waals surface area contributed by atoms with Gasteiger partial charge in [0.25, 0.3) is 0 Å². The Balaban J connectivity index is 2.19. The Morgan fingerprint density at radius 2 is 2.40 bits per heavy atom. The standard InChI is InChI=1S/C10H14N4O/c1-12-9-3-2-8(5-13-9)14-6-7(11)4-10(14)15/h2-3,5,7H,4,6,11H2,1H3,(H,12,13). The molecule has 0 spiro atoms. The number of amides is 1. The van der Waals surface area contributed by atoms with Crippen molar-refractivity contribution in [2.24, 2.45) is 5.73 Å². The minimum Gasteiger partial charge on any atom is -0.373 e. The van der Waals surface area contributed by atoms with Crippen LogP contribution in [0.25, 0.3) is 0 Å². The first-order valence-corrected chi connectivity index (χ1v) is 4.90. The maximum atomic E-state index is 11.5. The molecule has 2 heterocycles. The minimum atomic E-state index is -0.0542. The van der Waals surface area contributed by atoms with Crippen LogP contribution in [0.3, 0.4) is 0 Å². The molecule has 0 aromatic carbocycles. The van der Waals surface area contributed by atoms with Gasteiger partial charge < -0.3 is 16.0 Å². The third kappa shape index (κ3) is 1.92. The van der Waals surface area contributed by atoms with Crippen molar-refractivity contribution >= 4 is 17.4 Å². The van der Waals surface area contributed by atoms with Gasteiger partial charge in [-0.2, -0.15) is 0 Å². The van der Waals surface area contributed by atoms with Crippen molar-refractivity contribution in [2.75, 3.05) is 23.8 Å². The predicted molar refractivity (Wildman–Crippen MR) is 58.7 cm³/mol.